The van der Waals surface area contributed by atoms with Gasteiger partial charge in [-0.2, -0.15) is 0 Å². The van der Waals surface area contributed by atoms with E-state index in [1.807, 2.05) is 30.3 Å². The highest BCUT2D eigenvalue weighted by atomic mass is 32.2. The van der Waals surface area contributed by atoms with E-state index in [9.17, 15) is 8.78 Å². The van der Waals surface area contributed by atoms with Crippen molar-refractivity contribution in [2.45, 2.75) is 10.8 Å². The zero-order valence-corrected chi connectivity index (χ0v) is 9.68. The fourth-order valence-corrected chi connectivity index (χ4v) is 2.15. The first-order valence-electron chi connectivity index (χ1n) is 4.95. The Morgan fingerprint density at radius 2 is 1.82 bits per heavy atom. The minimum Gasteiger partial charge on any atom is -0.381 e. The van der Waals surface area contributed by atoms with E-state index in [1.54, 1.807) is 0 Å². The lowest BCUT2D eigenvalue weighted by Crippen LogP contribution is -1.99. The van der Waals surface area contributed by atoms with E-state index >= 15 is 0 Å². The Balaban J connectivity index is 2.12. The molecule has 0 atom stereocenters. The Hall–Kier alpha value is -1.62. The predicted octanol–water partition coefficient (Wildman–Crippen LogP) is 3.23. The quantitative estimate of drug-likeness (QED) is 0.852. The number of halogens is 2. The monoisotopic (exact) mass is 252 g/mol. The van der Waals surface area contributed by atoms with E-state index in [2.05, 4.69) is 4.98 Å². The van der Waals surface area contributed by atoms with Crippen LogP contribution in [0.3, 0.4) is 0 Å². The predicted molar refractivity (Wildman–Crippen MR) is 64.6 cm³/mol. The number of benzene rings is 1. The van der Waals surface area contributed by atoms with Gasteiger partial charge in [0.15, 0.2) is 17.5 Å². The van der Waals surface area contributed by atoms with Gasteiger partial charge >= 0.3 is 0 Å². The molecular weight excluding hydrogens is 242 g/mol. The fraction of sp³-hybridized carbons (Fsp3) is 0.0833. The van der Waals surface area contributed by atoms with Gasteiger partial charge in [0.25, 0.3) is 0 Å². The molecule has 0 saturated heterocycles. The molecule has 0 aliphatic carbocycles. The molecule has 2 rings (SSSR count). The van der Waals surface area contributed by atoms with Crippen molar-refractivity contribution in [3.63, 3.8) is 0 Å². The molecule has 5 heteroatoms. The zero-order valence-electron chi connectivity index (χ0n) is 8.86. The summed E-state index contributed by atoms with van der Waals surface area (Å²) in [6.45, 7) is 0. The van der Waals surface area contributed by atoms with Crippen LogP contribution in [0, 0.1) is 11.6 Å². The molecule has 1 aromatic heterocycles. The number of hydrogen-bond acceptors (Lipinski definition) is 3. The second-order valence-corrected chi connectivity index (χ2v) is 4.38. The third-order valence-electron chi connectivity index (χ3n) is 2.14. The summed E-state index contributed by atoms with van der Waals surface area (Å²) < 4.78 is 26.2. The van der Waals surface area contributed by atoms with Crippen LogP contribution in [0.15, 0.2) is 41.4 Å². The first-order chi connectivity index (χ1) is 8.16. The number of nitrogen functional groups attached to an aromatic ring is 1. The van der Waals surface area contributed by atoms with Crippen molar-refractivity contribution < 1.29 is 8.78 Å². The van der Waals surface area contributed by atoms with Gasteiger partial charge in [0.05, 0.1) is 0 Å². The van der Waals surface area contributed by atoms with Crippen LogP contribution in [0.4, 0.5) is 14.6 Å². The largest absolute Gasteiger partial charge is 0.381 e. The van der Waals surface area contributed by atoms with Crippen LogP contribution in [-0.4, -0.2) is 4.98 Å². The Kier molecular flexibility index (Phi) is 3.58. The van der Waals surface area contributed by atoms with Crippen molar-refractivity contribution >= 4 is 17.6 Å². The van der Waals surface area contributed by atoms with Crippen LogP contribution in [0.2, 0.25) is 0 Å². The van der Waals surface area contributed by atoms with Gasteiger partial charge in [0.2, 0.25) is 0 Å². The Morgan fingerprint density at radius 1 is 1.12 bits per heavy atom. The third kappa shape index (κ3) is 2.94. The summed E-state index contributed by atoms with van der Waals surface area (Å²) in [5.41, 5.74) is 6.34. The molecular formula is C12H10F2N2S. The second-order valence-electron chi connectivity index (χ2n) is 3.42. The summed E-state index contributed by atoms with van der Waals surface area (Å²) in [5.74, 6) is -1.22. The molecule has 0 saturated carbocycles. The SMILES string of the molecule is Nc1nc(SCc2ccccc2)c(F)cc1F. The van der Waals surface area contributed by atoms with E-state index in [0.717, 1.165) is 11.6 Å². The summed E-state index contributed by atoms with van der Waals surface area (Å²) in [5, 5.41) is 0.118. The number of hydrogen-bond donors (Lipinski definition) is 1. The van der Waals surface area contributed by atoms with Crippen molar-refractivity contribution in [3.8, 4) is 0 Å². The fourth-order valence-electron chi connectivity index (χ4n) is 1.29. The number of thioether (sulfide) groups is 1. The molecule has 1 aromatic carbocycles. The molecule has 0 radical (unpaired) electrons. The summed E-state index contributed by atoms with van der Waals surface area (Å²) in [6, 6.07) is 10.3. The Bertz CT molecular complexity index is 517. The Labute approximate surface area is 102 Å². The highest BCUT2D eigenvalue weighted by molar-refractivity contribution is 7.98. The molecule has 0 fully saturated rings. The van der Waals surface area contributed by atoms with Crippen molar-refractivity contribution in [1.29, 1.82) is 0 Å². The molecule has 2 N–H and O–H groups in total. The van der Waals surface area contributed by atoms with Crippen molar-refractivity contribution in [2.24, 2.45) is 0 Å². The first kappa shape index (κ1) is 11.9. The lowest BCUT2D eigenvalue weighted by atomic mass is 10.2. The van der Waals surface area contributed by atoms with Crippen molar-refractivity contribution in [3.05, 3.63) is 53.6 Å². The van der Waals surface area contributed by atoms with Crippen molar-refractivity contribution in [2.75, 3.05) is 5.73 Å². The van der Waals surface area contributed by atoms with Gasteiger partial charge in [-0.05, 0) is 5.56 Å². The normalized spacial score (nSPS) is 10.5. The van der Waals surface area contributed by atoms with E-state index < -0.39 is 11.6 Å². The zero-order chi connectivity index (χ0) is 12.3. The lowest BCUT2D eigenvalue weighted by molar-refractivity contribution is 0.552. The second kappa shape index (κ2) is 5.14. The molecule has 2 nitrogen and oxygen atoms in total. The maximum absolute atomic E-state index is 13.4. The molecule has 17 heavy (non-hydrogen) atoms. The van der Waals surface area contributed by atoms with E-state index in [-0.39, 0.29) is 10.8 Å². The van der Waals surface area contributed by atoms with Crippen LogP contribution in [0.1, 0.15) is 5.56 Å². The molecule has 0 aliphatic rings. The molecule has 0 spiro atoms. The number of nitrogens with zero attached hydrogens (tertiary/aromatic N) is 1. The van der Waals surface area contributed by atoms with Gasteiger partial charge in [-0.1, -0.05) is 42.1 Å². The molecule has 0 unspecified atom stereocenters. The number of aromatic nitrogens is 1. The summed E-state index contributed by atoms with van der Waals surface area (Å²) in [7, 11) is 0. The van der Waals surface area contributed by atoms with E-state index in [1.165, 1.54) is 11.8 Å². The summed E-state index contributed by atoms with van der Waals surface area (Å²) in [6.07, 6.45) is 0. The standard InChI is InChI=1S/C12H10F2N2S/c13-9-6-10(14)12(16-11(9)15)17-7-8-4-2-1-3-5-8/h1-6H,7H2,(H2,15,16). The van der Waals surface area contributed by atoms with E-state index in [4.69, 9.17) is 5.73 Å². The van der Waals surface area contributed by atoms with Crippen LogP contribution in [-0.2, 0) is 5.75 Å². The van der Waals surface area contributed by atoms with Crippen LogP contribution in [0.5, 0.6) is 0 Å². The average Bonchev–Trinajstić information content (AvgIpc) is 2.33. The van der Waals surface area contributed by atoms with Crippen LogP contribution >= 0.6 is 11.8 Å². The van der Waals surface area contributed by atoms with Gasteiger partial charge in [0, 0.05) is 11.8 Å². The lowest BCUT2D eigenvalue weighted by Gasteiger charge is -2.04. The van der Waals surface area contributed by atoms with E-state index in [0.29, 0.717) is 5.75 Å². The van der Waals surface area contributed by atoms with Gasteiger partial charge in [-0.15, -0.1) is 0 Å². The highest BCUT2D eigenvalue weighted by Gasteiger charge is 2.10. The van der Waals surface area contributed by atoms with Crippen LogP contribution < -0.4 is 5.73 Å². The van der Waals surface area contributed by atoms with Gasteiger partial charge in [-0.25, -0.2) is 13.8 Å². The maximum Gasteiger partial charge on any atom is 0.168 e. The van der Waals surface area contributed by atoms with Gasteiger partial charge in [-0.3, -0.25) is 0 Å². The molecule has 88 valence electrons. The molecule has 0 aliphatic heterocycles. The first-order valence-corrected chi connectivity index (χ1v) is 5.93. The number of rotatable bonds is 3. The summed E-state index contributed by atoms with van der Waals surface area (Å²) >= 11 is 1.19. The number of anilines is 1. The third-order valence-corrected chi connectivity index (χ3v) is 3.18. The minimum atomic E-state index is -0.827. The summed E-state index contributed by atoms with van der Waals surface area (Å²) in [4.78, 5) is 3.68. The topological polar surface area (TPSA) is 38.9 Å². The molecule has 0 amide bonds. The minimum absolute atomic E-state index is 0.118. The van der Waals surface area contributed by atoms with Gasteiger partial charge in [0.1, 0.15) is 5.03 Å². The molecule has 0 bridgehead atoms. The van der Waals surface area contributed by atoms with Crippen LogP contribution in [0.25, 0.3) is 0 Å². The van der Waals surface area contributed by atoms with Crippen molar-refractivity contribution in [1.82, 2.24) is 4.98 Å². The smallest absolute Gasteiger partial charge is 0.168 e. The molecule has 1 heterocycles. The van der Waals surface area contributed by atoms with Gasteiger partial charge < -0.3 is 5.73 Å². The average molecular weight is 252 g/mol. The Morgan fingerprint density at radius 3 is 2.53 bits per heavy atom. The maximum atomic E-state index is 13.4. The number of pyridine rings is 1. The molecule has 2 aromatic rings. The highest BCUT2D eigenvalue weighted by Crippen LogP contribution is 2.25. The number of nitrogens with two attached hydrogens (primary N) is 1.